The number of halogens is 3. The van der Waals surface area contributed by atoms with E-state index in [4.69, 9.17) is 0 Å². The normalized spacial score (nSPS) is 22.1. The number of benzene rings is 1. The van der Waals surface area contributed by atoms with E-state index in [9.17, 15) is 18.3 Å². The van der Waals surface area contributed by atoms with Crippen molar-refractivity contribution in [2.45, 2.75) is 38.0 Å². The molecular weight excluding hydrogens is 267 g/mol. The topological polar surface area (TPSA) is 23.5 Å². The van der Waals surface area contributed by atoms with Crippen LogP contribution in [0.4, 0.5) is 13.2 Å². The Bertz CT molecular complexity index is 447. The lowest BCUT2D eigenvalue weighted by Gasteiger charge is -2.21. The largest absolute Gasteiger partial charge is 0.391 e. The molecule has 0 bridgehead atoms. The minimum Gasteiger partial charge on any atom is -0.391 e. The van der Waals surface area contributed by atoms with Gasteiger partial charge in [-0.25, -0.2) is 0 Å². The molecule has 0 amide bonds. The van der Waals surface area contributed by atoms with Crippen molar-refractivity contribution in [3.05, 3.63) is 35.4 Å². The SMILES string of the molecule is Cc1cccc([C@H]2CCN(C[C@H](O)CC(F)(F)F)C2)c1. The minimum absolute atomic E-state index is 0.0990. The summed E-state index contributed by atoms with van der Waals surface area (Å²) < 4.78 is 36.6. The second-order valence-electron chi connectivity index (χ2n) is 5.63. The molecule has 2 rings (SSSR count). The van der Waals surface area contributed by atoms with Gasteiger partial charge in [-0.2, -0.15) is 13.2 Å². The summed E-state index contributed by atoms with van der Waals surface area (Å²) >= 11 is 0. The van der Waals surface area contributed by atoms with Crippen LogP contribution in [0, 0.1) is 6.92 Å². The number of aryl methyl sites for hydroxylation is 1. The first-order chi connectivity index (χ1) is 9.33. The van der Waals surface area contributed by atoms with E-state index in [1.807, 2.05) is 24.0 Å². The maximum absolute atomic E-state index is 12.2. The Morgan fingerprint density at radius 1 is 1.40 bits per heavy atom. The number of hydrogen-bond acceptors (Lipinski definition) is 2. The molecule has 1 saturated heterocycles. The third-order valence-corrected chi connectivity index (χ3v) is 3.72. The van der Waals surface area contributed by atoms with E-state index in [0.29, 0.717) is 5.92 Å². The molecule has 1 aromatic rings. The zero-order chi connectivity index (χ0) is 14.8. The minimum atomic E-state index is -4.30. The number of alkyl halides is 3. The van der Waals surface area contributed by atoms with Gasteiger partial charge in [-0.1, -0.05) is 29.8 Å². The van der Waals surface area contributed by atoms with E-state index in [1.165, 1.54) is 11.1 Å². The van der Waals surface area contributed by atoms with Crippen molar-refractivity contribution in [2.75, 3.05) is 19.6 Å². The summed E-state index contributed by atoms with van der Waals surface area (Å²) in [6, 6.07) is 8.22. The smallest absolute Gasteiger partial charge is 0.391 e. The Labute approximate surface area is 117 Å². The molecule has 1 N–H and O–H groups in total. The average molecular weight is 287 g/mol. The highest BCUT2D eigenvalue weighted by molar-refractivity contribution is 5.26. The fourth-order valence-corrected chi connectivity index (χ4v) is 2.82. The van der Waals surface area contributed by atoms with Crippen LogP contribution < -0.4 is 0 Å². The van der Waals surface area contributed by atoms with Gasteiger partial charge in [0.1, 0.15) is 0 Å². The molecule has 1 aromatic carbocycles. The van der Waals surface area contributed by atoms with Crippen molar-refractivity contribution in [3.63, 3.8) is 0 Å². The second kappa shape index (κ2) is 6.14. The summed E-state index contributed by atoms with van der Waals surface area (Å²) in [5.74, 6) is 0.355. The van der Waals surface area contributed by atoms with E-state index in [2.05, 4.69) is 12.1 Å². The van der Waals surface area contributed by atoms with Gasteiger partial charge >= 0.3 is 6.18 Å². The van der Waals surface area contributed by atoms with Gasteiger partial charge < -0.3 is 10.0 Å². The summed E-state index contributed by atoms with van der Waals surface area (Å²) in [5, 5.41) is 9.48. The zero-order valence-electron chi connectivity index (χ0n) is 11.5. The van der Waals surface area contributed by atoms with Crippen molar-refractivity contribution in [1.29, 1.82) is 0 Å². The maximum atomic E-state index is 12.2. The lowest BCUT2D eigenvalue weighted by Crippen LogP contribution is -2.33. The van der Waals surface area contributed by atoms with E-state index in [-0.39, 0.29) is 6.54 Å². The molecule has 0 aliphatic carbocycles. The molecule has 0 radical (unpaired) electrons. The van der Waals surface area contributed by atoms with Crippen molar-refractivity contribution < 1.29 is 18.3 Å². The number of aliphatic hydroxyl groups is 1. The molecule has 0 spiro atoms. The van der Waals surface area contributed by atoms with Crippen molar-refractivity contribution >= 4 is 0 Å². The third kappa shape index (κ3) is 4.49. The first-order valence-electron chi connectivity index (χ1n) is 6.87. The van der Waals surface area contributed by atoms with Gasteiger partial charge in [-0.05, 0) is 31.4 Å². The number of hydrogen-bond donors (Lipinski definition) is 1. The van der Waals surface area contributed by atoms with Crippen molar-refractivity contribution in [1.82, 2.24) is 4.90 Å². The average Bonchev–Trinajstić information content (AvgIpc) is 2.74. The van der Waals surface area contributed by atoms with E-state index < -0.39 is 18.7 Å². The highest BCUT2D eigenvalue weighted by Gasteiger charge is 2.33. The highest BCUT2D eigenvalue weighted by atomic mass is 19.4. The molecule has 1 fully saturated rings. The van der Waals surface area contributed by atoms with E-state index >= 15 is 0 Å². The Kier molecular flexibility index (Phi) is 4.70. The van der Waals surface area contributed by atoms with Crippen molar-refractivity contribution in [2.24, 2.45) is 0 Å². The van der Waals surface area contributed by atoms with Crippen LogP contribution in [0.25, 0.3) is 0 Å². The molecule has 0 aromatic heterocycles. The number of aliphatic hydroxyl groups excluding tert-OH is 1. The van der Waals surface area contributed by atoms with Gasteiger partial charge in [0.15, 0.2) is 0 Å². The van der Waals surface area contributed by atoms with Gasteiger partial charge in [0.2, 0.25) is 0 Å². The van der Waals surface area contributed by atoms with Crippen LogP contribution in [0.1, 0.15) is 29.9 Å². The number of nitrogens with zero attached hydrogens (tertiary/aromatic N) is 1. The van der Waals surface area contributed by atoms with Crippen LogP contribution >= 0.6 is 0 Å². The Hall–Kier alpha value is -1.07. The van der Waals surface area contributed by atoms with Crippen LogP contribution in [0.15, 0.2) is 24.3 Å². The lowest BCUT2D eigenvalue weighted by atomic mass is 9.97. The fourth-order valence-electron chi connectivity index (χ4n) is 2.82. The molecule has 112 valence electrons. The summed E-state index contributed by atoms with van der Waals surface area (Å²) in [6.45, 7) is 3.59. The Balaban J connectivity index is 1.86. The molecular formula is C15H20F3NO. The monoisotopic (exact) mass is 287 g/mol. The van der Waals surface area contributed by atoms with E-state index in [0.717, 1.165) is 19.5 Å². The lowest BCUT2D eigenvalue weighted by molar-refractivity contribution is -0.155. The summed E-state index contributed by atoms with van der Waals surface area (Å²) in [4.78, 5) is 1.92. The summed E-state index contributed by atoms with van der Waals surface area (Å²) in [5.41, 5.74) is 2.43. The molecule has 1 aliphatic rings. The van der Waals surface area contributed by atoms with Gasteiger partial charge in [0.25, 0.3) is 0 Å². The molecule has 5 heteroatoms. The predicted octanol–water partition coefficient (Wildman–Crippen LogP) is 3.10. The highest BCUT2D eigenvalue weighted by Crippen LogP contribution is 2.29. The third-order valence-electron chi connectivity index (χ3n) is 3.72. The first kappa shape index (κ1) is 15.3. The zero-order valence-corrected chi connectivity index (χ0v) is 11.5. The van der Waals surface area contributed by atoms with Gasteiger partial charge in [0.05, 0.1) is 12.5 Å². The van der Waals surface area contributed by atoms with Crippen LogP contribution in [0.5, 0.6) is 0 Å². The van der Waals surface area contributed by atoms with Crippen molar-refractivity contribution in [3.8, 4) is 0 Å². The molecule has 20 heavy (non-hydrogen) atoms. The van der Waals surface area contributed by atoms with Gasteiger partial charge in [0, 0.05) is 13.1 Å². The van der Waals surface area contributed by atoms with Crippen LogP contribution in [-0.4, -0.2) is 41.9 Å². The van der Waals surface area contributed by atoms with Crippen LogP contribution in [-0.2, 0) is 0 Å². The Morgan fingerprint density at radius 3 is 2.80 bits per heavy atom. The summed E-state index contributed by atoms with van der Waals surface area (Å²) in [6.07, 6.45) is -5.82. The molecule has 0 saturated carbocycles. The van der Waals surface area contributed by atoms with Gasteiger partial charge in [-0.15, -0.1) is 0 Å². The number of rotatable bonds is 4. The molecule has 0 unspecified atom stereocenters. The molecule has 1 aliphatic heterocycles. The molecule has 1 heterocycles. The van der Waals surface area contributed by atoms with Gasteiger partial charge in [-0.3, -0.25) is 0 Å². The quantitative estimate of drug-likeness (QED) is 0.920. The first-order valence-corrected chi connectivity index (χ1v) is 6.87. The van der Waals surface area contributed by atoms with E-state index in [1.54, 1.807) is 0 Å². The predicted molar refractivity (Wildman–Crippen MR) is 71.7 cm³/mol. The number of likely N-dealkylation sites (tertiary alicyclic amines) is 1. The molecule has 2 nitrogen and oxygen atoms in total. The standard InChI is InChI=1S/C15H20F3NO/c1-11-3-2-4-12(7-11)13-5-6-19(9-13)10-14(20)8-15(16,17)18/h2-4,7,13-14,20H,5-6,8-10H2,1H3/t13-,14+/m0/s1. The Morgan fingerprint density at radius 2 is 2.15 bits per heavy atom. The molecule has 2 atom stereocenters. The summed E-state index contributed by atoms with van der Waals surface area (Å²) in [7, 11) is 0. The maximum Gasteiger partial charge on any atom is 0.391 e. The van der Waals surface area contributed by atoms with Crippen LogP contribution in [0.2, 0.25) is 0 Å². The number of β-amino-alcohol motifs (C(OH)–C–C–N with tert-alkyl or cyclic N) is 1. The fraction of sp³-hybridized carbons (Fsp3) is 0.600. The van der Waals surface area contributed by atoms with Crippen LogP contribution in [0.3, 0.4) is 0 Å². The second-order valence-corrected chi connectivity index (χ2v) is 5.63.